The van der Waals surface area contributed by atoms with Crippen molar-refractivity contribution in [1.82, 2.24) is 9.80 Å². The summed E-state index contributed by atoms with van der Waals surface area (Å²) in [5.41, 5.74) is 4.41. The van der Waals surface area contributed by atoms with E-state index in [1.165, 1.54) is 17.7 Å². The summed E-state index contributed by atoms with van der Waals surface area (Å²) in [6.07, 6.45) is 0. The monoisotopic (exact) mass is 440 g/mol. The van der Waals surface area contributed by atoms with Gasteiger partial charge < -0.3 is 9.64 Å². The molecule has 5 heteroatoms. The Kier molecular flexibility index (Phi) is 7.29. The zero-order chi connectivity index (χ0) is 23.6. The summed E-state index contributed by atoms with van der Waals surface area (Å²) in [7, 11) is 0. The molecule has 1 saturated heterocycles. The van der Waals surface area contributed by atoms with E-state index in [4.69, 9.17) is 4.74 Å². The number of nitrogens with zero attached hydrogens (tertiary/aromatic N) is 2. The average molecular weight is 441 g/mol. The predicted octanol–water partition coefficient (Wildman–Crippen LogP) is 5.24. The van der Waals surface area contributed by atoms with Crippen LogP contribution in [0.4, 0.5) is 4.39 Å². The Balaban J connectivity index is 1.65. The number of amides is 1. The molecular formula is C27H37FN2O2. The average Bonchev–Trinajstić information content (AvgIpc) is 2.70. The minimum absolute atomic E-state index is 0.0191. The van der Waals surface area contributed by atoms with Gasteiger partial charge in [-0.25, -0.2) is 4.39 Å². The van der Waals surface area contributed by atoms with E-state index >= 15 is 0 Å². The van der Waals surface area contributed by atoms with Crippen LogP contribution in [0, 0.1) is 19.7 Å². The molecule has 32 heavy (non-hydrogen) atoms. The highest BCUT2D eigenvalue weighted by Gasteiger charge is 2.32. The van der Waals surface area contributed by atoms with E-state index in [2.05, 4.69) is 58.6 Å². The number of hydrogen-bond acceptors (Lipinski definition) is 3. The van der Waals surface area contributed by atoms with E-state index in [1.807, 2.05) is 24.0 Å². The molecular weight excluding hydrogens is 403 g/mol. The number of ether oxygens (including phenoxy) is 1. The van der Waals surface area contributed by atoms with Crippen molar-refractivity contribution in [3.8, 4) is 5.75 Å². The zero-order valence-electron chi connectivity index (χ0n) is 20.5. The summed E-state index contributed by atoms with van der Waals surface area (Å²) in [5.74, 6) is 0.627. The first-order valence-electron chi connectivity index (χ1n) is 11.5. The van der Waals surface area contributed by atoms with E-state index in [0.29, 0.717) is 6.54 Å². The van der Waals surface area contributed by atoms with Gasteiger partial charge in [0.05, 0.1) is 0 Å². The molecule has 0 spiro atoms. The van der Waals surface area contributed by atoms with Crippen molar-refractivity contribution in [2.24, 2.45) is 0 Å². The van der Waals surface area contributed by atoms with Crippen LogP contribution in [-0.4, -0.2) is 47.5 Å². The minimum atomic E-state index is -0.219. The molecule has 1 aliphatic heterocycles. The molecule has 2 aromatic rings. The van der Waals surface area contributed by atoms with E-state index < -0.39 is 0 Å². The maximum Gasteiger partial charge on any atom is 0.260 e. The first kappa shape index (κ1) is 24.2. The van der Waals surface area contributed by atoms with Gasteiger partial charge in [-0.1, -0.05) is 50.6 Å². The lowest BCUT2D eigenvalue weighted by Crippen LogP contribution is -2.58. The third-order valence-electron chi connectivity index (χ3n) is 6.30. The van der Waals surface area contributed by atoms with Crippen LogP contribution in [0.1, 0.15) is 56.9 Å². The molecule has 0 radical (unpaired) electrons. The number of hydrogen-bond donors (Lipinski definition) is 0. The molecule has 3 rings (SSSR count). The number of piperazine rings is 1. The summed E-state index contributed by atoms with van der Waals surface area (Å²) >= 11 is 0. The van der Waals surface area contributed by atoms with E-state index in [9.17, 15) is 9.18 Å². The van der Waals surface area contributed by atoms with Crippen molar-refractivity contribution in [2.45, 2.75) is 72.5 Å². The van der Waals surface area contributed by atoms with Crippen molar-refractivity contribution >= 4 is 5.91 Å². The molecule has 0 bridgehead atoms. The second-order valence-corrected chi connectivity index (χ2v) is 10.3. The van der Waals surface area contributed by atoms with Crippen LogP contribution >= 0.6 is 0 Å². The number of halogens is 1. The van der Waals surface area contributed by atoms with Crippen LogP contribution in [0.3, 0.4) is 0 Å². The van der Waals surface area contributed by atoms with Crippen LogP contribution in [0.5, 0.6) is 5.75 Å². The molecule has 174 valence electrons. The highest BCUT2D eigenvalue weighted by molar-refractivity contribution is 5.78. The second kappa shape index (κ2) is 9.62. The molecule has 1 fully saturated rings. The lowest BCUT2D eigenvalue weighted by atomic mass is 9.84. The molecule has 1 aliphatic rings. The van der Waals surface area contributed by atoms with E-state index in [-0.39, 0.29) is 35.8 Å². The minimum Gasteiger partial charge on any atom is -0.483 e. The van der Waals surface area contributed by atoms with Crippen LogP contribution in [0.15, 0.2) is 36.4 Å². The van der Waals surface area contributed by atoms with Crippen LogP contribution in [0.25, 0.3) is 0 Å². The fourth-order valence-electron chi connectivity index (χ4n) is 4.51. The Labute approximate surface area is 192 Å². The van der Waals surface area contributed by atoms with Crippen molar-refractivity contribution in [3.63, 3.8) is 0 Å². The van der Waals surface area contributed by atoms with Crippen LogP contribution in [0.2, 0.25) is 0 Å². The highest BCUT2D eigenvalue weighted by atomic mass is 19.1. The first-order chi connectivity index (χ1) is 15.0. The van der Waals surface area contributed by atoms with Crippen molar-refractivity contribution in [2.75, 3.05) is 19.7 Å². The van der Waals surface area contributed by atoms with Gasteiger partial charge in [-0.3, -0.25) is 9.69 Å². The van der Waals surface area contributed by atoms with Crippen molar-refractivity contribution in [1.29, 1.82) is 0 Å². The maximum absolute atomic E-state index is 13.2. The molecule has 2 unspecified atom stereocenters. The lowest BCUT2D eigenvalue weighted by molar-refractivity contribution is -0.139. The van der Waals surface area contributed by atoms with Gasteiger partial charge in [-0.05, 0) is 56.4 Å². The summed E-state index contributed by atoms with van der Waals surface area (Å²) in [4.78, 5) is 17.4. The van der Waals surface area contributed by atoms with E-state index in [0.717, 1.165) is 35.5 Å². The summed E-state index contributed by atoms with van der Waals surface area (Å²) in [6, 6.07) is 11.2. The normalized spacial score (nSPS) is 19.8. The molecule has 0 saturated carbocycles. The smallest absolute Gasteiger partial charge is 0.260 e. The second-order valence-electron chi connectivity index (χ2n) is 10.3. The standard InChI is InChI=1S/C27H37FN2O2/c1-18-12-19(2)26(24(13-18)27(5,6)7)32-17-25(31)30-15-20(3)29(14-21(30)4)16-22-8-10-23(28)11-9-22/h8-13,20-21H,14-17H2,1-7H3. The molecule has 4 nitrogen and oxygen atoms in total. The Hall–Kier alpha value is -2.40. The topological polar surface area (TPSA) is 32.8 Å². The molecule has 1 heterocycles. The summed E-state index contributed by atoms with van der Waals surface area (Å²) in [6.45, 7) is 17.1. The number of carbonyl (C=O) groups is 1. The fraction of sp³-hybridized carbons (Fsp3) is 0.519. The van der Waals surface area contributed by atoms with Gasteiger partial charge in [0, 0.05) is 37.3 Å². The fourth-order valence-corrected chi connectivity index (χ4v) is 4.51. The lowest BCUT2D eigenvalue weighted by Gasteiger charge is -2.44. The molecule has 1 amide bonds. The Morgan fingerprint density at radius 1 is 1.06 bits per heavy atom. The largest absolute Gasteiger partial charge is 0.483 e. The molecule has 0 aromatic heterocycles. The Bertz CT molecular complexity index is 949. The van der Waals surface area contributed by atoms with Gasteiger partial charge in [-0.15, -0.1) is 0 Å². The zero-order valence-corrected chi connectivity index (χ0v) is 20.5. The molecule has 2 atom stereocenters. The quantitative estimate of drug-likeness (QED) is 0.637. The molecule has 2 aromatic carbocycles. The number of carbonyl (C=O) groups excluding carboxylic acids is 1. The highest BCUT2D eigenvalue weighted by Crippen LogP contribution is 2.35. The van der Waals surface area contributed by atoms with Gasteiger partial charge >= 0.3 is 0 Å². The van der Waals surface area contributed by atoms with Gasteiger partial charge in [-0.2, -0.15) is 0 Å². The molecule has 0 aliphatic carbocycles. The van der Waals surface area contributed by atoms with E-state index in [1.54, 1.807) is 0 Å². The third kappa shape index (κ3) is 5.69. The summed E-state index contributed by atoms with van der Waals surface area (Å²) in [5, 5.41) is 0. The number of benzene rings is 2. The van der Waals surface area contributed by atoms with Gasteiger partial charge in [0.15, 0.2) is 6.61 Å². The van der Waals surface area contributed by atoms with Gasteiger partial charge in [0.25, 0.3) is 5.91 Å². The van der Waals surface area contributed by atoms with Crippen molar-refractivity contribution < 1.29 is 13.9 Å². The Morgan fingerprint density at radius 3 is 2.34 bits per heavy atom. The summed E-state index contributed by atoms with van der Waals surface area (Å²) < 4.78 is 19.3. The molecule has 0 N–H and O–H groups in total. The number of rotatable bonds is 5. The van der Waals surface area contributed by atoms with Gasteiger partial charge in [0.2, 0.25) is 0 Å². The Morgan fingerprint density at radius 2 is 1.72 bits per heavy atom. The maximum atomic E-state index is 13.2. The first-order valence-corrected chi connectivity index (χ1v) is 11.5. The predicted molar refractivity (Wildman–Crippen MR) is 128 cm³/mol. The SMILES string of the molecule is Cc1cc(C)c(OCC(=O)N2CC(C)N(Cc3ccc(F)cc3)CC2C)c(C(C)(C)C)c1. The number of aryl methyl sites for hydroxylation is 2. The van der Waals surface area contributed by atoms with Crippen LogP contribution < -0.4 is 4.74 Å². The third-order valence-corrected chi connectivity index (χ3v) is 6.30. The van der Waals surface area contributed by atoms with Crippen molar-refractivity contribution in [3.05, 3.63) is 64.5 Å². The van der Waals surface area contributed by atoms with Gasteiger partial charge in [0.1, 0.15) is 11.6 Å². The van der Waals surface area contributed by atoms with Crippen LogP contribution in [-0.2, 0) is 16.8 Å².